The van der Waals surface area contributed by atoms with Gasteiger partial charge in [0.1, 0.15) is 0 Å². The molecular weight excluding hydrogens is 234 g/mol. The highest BCUT2D eigenvalue weighted by molar-refractivity contribution is 6.30. The molecular formula is C13H12ClN3. The Morgan fingerprint density at radius 2 is 2.06 bits per heavy atom. The number of fused-ring (bicyclic) bond motifs is 2. The summed E-state index contributed by atoms with van der Waals surface area (Å²) in [5, 5.41) is 13.6. The van der Waals surface area contributed by atoms with E-state index < -0.39 is 5.41 Å². The van der Waals surface area contributed by atoms with Gasteiger partial charge in [-0.05, 0) is 24.5 Å². The van der Waals surface area contributed by atoms with Gasteiger partial charge < -0.3 is 5.32 Å². The van der Waals surface area contributed by atoms with E-state index in [2.05, 4.69) is 28.5 Å². The van der Waals surface area contributed by atoms with E-state index in [1.807, 2.05) is 6.07 Å². The molecule has 1 N–H and O–H groups in total. The zero-order valence-electron chi connectivity index (χ0n) is 9.23. The van der Waals surface area contributed by atoms with Crippen LogP contribution >= 0.6 is 11.6 Å². The minimum Gasteiger partial charge on any atom is -0.304 e. The smallest absolute Gasteiger partial charge is 0.0873 e. The van der Waals surface area contributed by atoms with Crippen molar-refractivity contribution in [3.63, 3.8) is 0 Å². The summed E-state index contributed by atoms with van der Waals surface area (Å²) in [5.74, 6) is 0. The first-order valence-corrected chi connectivity index (χ1v) is 6.06. The quantitative estimate of drug-likeness (QED) is 0.772. The zero-order valence-corrected chi connectivity index (χ0v) is 9.98. The maximum absolute atomic E-state index is 9.57. The zero-order chi connectivity index (χ0) is 11.9. The Bertz CT molecular complexity index is 504. The van der Waals surface area contributed by atoms with Crippen molar-refractivity contribution in [1.82, 2.24) is 10.3 Å². The lowest BCUT2D eigenvalue weighted by Crippen LogP contribution is -2.46. The fourth-order valence-corrected chi connectivity index (χ4v) is 2.98. The molecule has 0 saturated carbocycles. The molecule has 0 aliphatic carbocycles. The maximum atomic E-state index is 9.57. The monoisotopic (exact) mass is 245 g/mol. The number of nitriles is 1. The number of nitrogens with zero attached hydrogens (tertiary/aromatic N) is 2. The second kappa shape index (κ2) is 3.83. The largest absolute Gasteiger partial charge is 0.304 e. The number of pyridine rings is 1. The molecule has 1 aromatic heterocycles. The average molecular weight is 246 g/mol. The Kier molecular flexibility index (Phi) is 2.43. The van der Waals surface area contributed by atoms with Gasteiger partial charge >= 0.3 is 0 Å². The highest BCUT2D eigenvalue weighted by Gasteiger charge is 2.43. The van der Waals surface area contributed by atoms with Gasteiger partial charge in [-0.1, -0.05) is 23.8 Å². The molecule has 2 aliphatic rings. The number of hydrogen-bond donors (Lipinski definition) is 1. The topological polar surface area (TPSA) is 48.7 Å². The van der Waals surface area contributed by atoms with Crippen LogP contribution in [0.15, 0.2) is 30.6 Å². The van der Waals surface area contributed by atoms with Gasteiger partial charge in [0, 0.05) is 24.5 Å². The van der Waals surface area contributed by atoms with Crippen molar-refractivity contribution in [2.45, 2.75) is 30.3 Å². The first kappa shape index (κ1) is 10.8. The molecule has 2 bridgehead atoms. The van der Waals surface area contributed by atoms with Crippen molar-refractivity contribution in [3.8, 4) is 6.07 Å². The third-order valence-electron chi connectivity index (χ3n) is 3.61. The molecule has 1 saturated heterocycles. The number of piperidine rings is 1. The molecule has 0 radical (unpaired) electrons. The lowest BCUT2D eigenvalue weighted by atomic mass is 9.72. The lowest BCUT2D eigenvalue weighted by molar-refractivity contribution is 0.319. The van der Waals surface area contributed by atoms with Crippen LogP contribution in [0.1, 0.15) is 18.4 Å². The van der Waals surface area contributed by atoms with E-state index in [4.69, 9.17) is 11.6 Å². The van der Waals surface area contributed by atoms with E-state index in [0.717, 1.165) is 18.4 Å². The van der Waals surface area contributed by atoms with Crippen molar-refractivity contribution in [1.29, 1.82) is 5.26 Å². The standard InChI is InChI=1S/C13H12ClN3/c14-10-3-9(6-16-7-10)13(8-15)4-11-1-2-12(5-13)17-11/h1-3,6-7,11-12,17H,4-5H2/t11-,12+,13?. The molecule has 17 heavy (non-hydrogen) atoms. The molecule has 1 fully saturated rings. The molecule has 1 unspecified atom stereocenters. The third-order valence-corrected chi connectivity index (χ3v) is 3.82. The van der Waals surface area contributed by atoms with Crippen molar-refractivity contribution >= 4 is 11.6 Å². The summed E-state index contributed by atoms with van der Waals surface area (Å²) in [6, 6.07) is 4.94. The van der Waals surface area contributed by atoms with Gasteiger partial charge in [-0.2, -0.15) is 5.26 Å². The van der Waals surface area contributed by atoms with E-state index in [1.54, 1.807) is 12.4 Å². The Morgan fingerprint density at radius 1 is 1.35 bits per heavy atom. The van der Waals surface area contributed by atoms with Gasteiger partial charge in [0.25, 0.3) is 0 Å². The van der Waals surface area contributed by atoms with Gasteiger partial charge in [0.15, 0.2) is 0 Å². The summed E-state index contributed by atoms with van der Waals surface area (Å²) >= 11 is 5.97. The van der Waals surface area contributed by atoms with Crippen LogP contribution in [-0.4, -0.2) is 17.1 Å². The highest BCUT2D eigenvalue weighted by atomic mass is 35.5. The van der Waals surface area contributed by atoms with Crippen molar-refractivity contribution in [2.24, 2.45) is 0 Å². The summed E-state index contributed by atoms with van der Waals surface area (Å²) in [6.45, 7) is 0. The molecule has 0 aromatic carbocycles. The molecule has 3 atom stereocenters. The molecule has 4 heteroatoms. The lowest BCUT2D eigenvalue weighted by Gasteiger charge is -2.36. The summed E-state index contributed by atoms with van der Waals surface area (Å²) < 4.78 is 0. The Hall–Kier alpha value is -1.37. The van der Waals surface area contributed by atoms with Crippen LogP contribution in [0.25, 0.3) is 0 Å². The third kappa shape index (κ3) is 1.74. The van der Waals surface area contributed by atoms with Crippen molar-refractivity contribution in [2.75, 3.05) is 0 Å². The number of nitrogens with one attached hydrogen (secondary N) is 1. The Morgan fingerprint density at radius 3 is 2.65 bits per heavy atom. The summed E-state index contributed by atoms with van der Waals surface area (Å²) in [5.41, 5.74) is 0.481. The summed E-state index contributed by atoms with van der Waals surface area (Å²) in [7, 11) is 0. The second-order valence-electron chi connectivity index (χ2n) is 4.76. The molecule has 1 aromatic rings. The van der Waals surface area contributed by atoms with Crippen LogP contribution in [0.4, 0.5) is 0 Å². The van der Waals surface area contributed by atoms with Crippen LogP contribution in [0.3, 0.4) is 0 Å². The van der Waals surface area contributed by atoms with E-state index in [9.17, 15) is 5.26 Å². The number of aromatic nitrogens is 1. The van der Waals surface area contributed by atoms with Gasteiger partial charge in [0.2, 0.25) is 0 Å². The fraction of sp³-hybridized carbons (Fsp3) is 0.385. The summed E-state index contributed by atoms with van der Waals surface area (Å²) in [6.07, 6.45) is 9.25. The van der Waals surface area contributed by atoms with E-state index in [1.165, 1.54) is 0 Å². The van der Waals surface area contributed by atoms with E-state index in [-0.39, 0.29) is 0 Å². The molecule has 3 heterocycles. The minimum atomic E-state index is -0.456. The van der Waals surface area contributed by atoms with Crippen LogP contribution in [-0.2, 0) is 5.41 Å². The first-order chi connectivity index (χ1) is 8.22. The predicted molar refractivity (Wildman–Crippen MR) is 65.6 cm³/mol. The number of halogens is 1. The van der Waals surface area contributed by atoms with Crippen molar-refractivity contribution < 1.29 is 0 Å². The van der Waals surface area contributed by atoms with Crippen molar-refractivity contribution in [3.05, 3.63) is 41.2 Å². The second-order valence-corrected chi connectivity index (χ2v) is 5.19. The Balaban J connectivity index is 2.02. The maximum Gasteiger partial charge on any atom is 0.0873 e. The van der Waals surface area contributed by atoms with Gasteiger partial charge in [-0.25, -0.2) is 0 Å². The molecule has 0 amide bonds. The molecule has 3 rings (SSSR count). The summed E-state index contributed by atoms with van der Waals surface area (Å²) in [4.78, 5) is 4.10. The first-order valence-electron chi connectivity index (χ1n) is 5.68. The van der Waals surface area contributed by atoms with E-state index in [0.29, 0.717) is 17.1 Å². The fourth-order valence-electron chi connectivity index (χ4n) is 2.81. The number of hydrogen-bond acceptors (Lipinski definition) is 3. The van der Waals surface area contributed by atoms with Crippen LogP contribution in [0, 0.1) is 11.3 Å². The van der Waals surface area contributed by atoms with Crippen LogP contribution in [0.5, 0.6) is 0 Å². The van der Waals surface area contributed by atoms with Crippen LogP contribution < -0.4 is 5.32 Å². The van der Waals surface area contributed by atoms with Gasteiger partial charge in [-0.15, -0.1) is 0 Å². The minimum absolute atomic E-state index is 0.299. The average Bonchev–Trinajstić information content (AvgIpc) is 2.69. The Labute approximate surface area is 105 Å². The van der Waals surface area contributed by atoms with Gasteiger partial charge in [-0.3, -0.25) is 4.98 Å². The molecule has 3 nitrogen and oxygen atoms in total. The molecule has 86 valence electrons. The molecule has 2 aliphatic heterocycles. The number of rotatable bonds is 1. The van der Waals surface area contributed by atoms with Gasteiger partial charge in [0.05, 0.1) is 16.5 Å². The van der Waals surface area contributed by atoms with Crippen LogP contribution in [0.2, 0.25) is 5.02 Å². The predicted octanol–water partition coefficient (Wildman–Crippen LogP) is 2.19. The molecule has 0 spiro atoms. The van der Waals surface area contributed by atoms with E-state index >= 15 is 0 Å². The SMILES string of the molecule is N#CC1(c2cncc(Cl)c2)C[C@H]2C=C[C@@H](C1)N2. The normalized spacial score (nSPS) is 34.6. The highest BCUT2D eigenvalue weighted by Crippen LogP contribution is 2.40.